The molecule has 0 atom stereocenters. The second kappa shape index (κ2) is 2.49. The van der Waals surface area contributed by atoms with Gasteiger partial charge in [0.15, 0.2) is 6.21 Å². The van der Waals surface area contributed by atoms with Crippen LogP contribution in [0.15, 0.2) is 0 Å². The highest BCUT2D eigenvalue weighted by molar-refractivity contribution is 5.54. The van der Waals surface area contributed by atoms with Gasteiger partial charge in [0.2, 0.25) is 5.54 Å². The molecule has 0 saturated carbocycles. The second-order valence-corrected chi connectivity index (χ2v) is 5.80. The maximum atomic E-state index is 9.78. The highest BCUT2D eigenvalue weighted by Crippen LogP contribution is 2.51. The van der Waals surface area contributed by atoms with Gasteiger partial charge in [0.05, 0.1) is 0 Å². The van der Waals surface area contributed by atoms with E-state index in [9.17, 15) is 5.21 Å². The summed E-state index contributed by atoms with van der Waals surface area (Å²) >= 11 is 0. The van der Waals surface area contributed by atoms with Gasteiger partial charge in [-0.3, -0.25) is 5.21 Å². The molecule has 76 valence electrons. The molecule has 1 rings (SSSR count). The Morgan fingerprint density at radius 3 is 1.92 bits per heavy atom. The Morgan fingerprint density at radius 1 is 1.08 bits per heavy atom. The number of hydrogen-bond acceptors (Lipinski definition) is 1. The van der Waals surface area contributed by atoms with Crippen molar-refractivity contribution in [2.75, 3.05) is 0 Å². The molecular formula is C11H22NO+. The summed E-state index contributed by atoms with van der Waals surface area (Å²) in [5.74, 6) is 0. The van der Waals surface area contributed by atoms with E-state index in [0.717, 1.165) is 6.42 Å². The van der Waals surface area contributed by atoms with Gasteiger partial charge in [-0.1, -0.05) is 27.7 Å². The van der Waals surface area contributed by atoms with Crippen molar-refractivity contribution >= 4 is 6.21 Å². The minimum Gasteiger partial charge on any atom is -0.291 e. The molecule has 1 aliphatic rings. The molecule has 0 aromatic heterocycles. The van der Waals surface area contributed by atoms with E-state index in [1.54, 1.807) is 0 Å². The van der Waals surface area contributed by atoms with E-state index in [4.69, 9.17) is 0 Å². The van der Waals surface area contributed by atoms with Crippen molar-refractivity contribution in [3.63, 3.8) is 0 Å². The predicted octanol–water partition coefficient (Wildman–Crippen LogP) is 2.69. The highest BCUT2D eigenvalue weighted by atomic mass is 16.5. The Balaban J connectivity index is 3.23. The van der Waals surface area contributed by atoms with E-state index in [1.807, 2.05) is 6.21 Å². The van der Waals surface area contributed by atoms with Crippen LogP contribution in [0.25, 0.3) is 0 Å². The third-order valence-corrected chi connectivity index (χ3v) is 4.57. The molecule has 13 heavy (non-hydrogen) atoms. The van der Waals surface area contributed by atoms with Crippen LogP contribution in [-0.4, -0.2) is 21.7 Å². The quantitative estimate of drug-likeness (QED) is 0.454. The van der Waals surface area contributed by atoms with Gasteiger partial charge in [0.25, 0.3) is 0 Å². The van der Waals surface area contributed by atoms with E-state index in [2.05, 4.69) is 41.5 Å². The fraction of sp³-hybridized carbons (Fsp3) is 0.909. The maximum absolute atomic E-state index is 9.78. The van der Waals surface area contributed by atoms with Crippen LogP contribution in [-0.2, 0) is 0 Å². The van der Waals surface area contributed by atoms with Gasteiger partial charge in [0.1, 0.15) is 0 Å². The summed E-state index contributed by atoms with van der Waals surface area (Å²) in [4.78, 5) is 0. The van der Waals surface area contributed by atoms with Crippen LogP contribution in [0.3, 0.4) is 0 Å². The Morgan fingerprint density at radius 2 is 1.54 bits per heavy atom. The summed E-state index contributed by atoms with van der Waals surface area (Å²) in [5.41, 5.74) is 0.119. The van der Waals surface area contributed by atoms with Gasteiger partial charge in [-0.25, -0.2) is 0 Å². The molecule has 0 fully saturated rings. The van der Waals surface area contributed by atoms with Gasteiger partial charge in [-0.05, 0) is 10.2 Å². The molecule has 2 heteroatoms. The van der Waals surface area contributed by atoms with Crippen LogP contribution in [0.5, 0.6) is 0 Å². The van der Waals surface area contributed by atoms with Gasteiger partial charge < -0.3 is 0 Å². The Hall–Kier alpha value is -0.530. The molecule has 0 amide bonds. The van der Waals surface area contributed by atoms with Crippen LogP contribution in [0, 0.1) is 10.8 Å². The third kappa shape index (κ3) is 1.18. The summed E-state index contributed by atoms with van der Waals surface area (Å²) in [6.45, 7) is 13.2. The average molecular weight is 184 g/mol. The fourth-order valence-electron chi connectivity index (χ4n) is 1.91. The van der Waals surface area contributed by atoms with Crippen LogP contribution >= 0.6 is 0 Å². The number of hydroxylamine groups is 1. The SMILES string of the molecule is CC1(C)CC=[N+](O)C(C)(C)C1(C)C. The van der Waals surface area contributed by atoms with Crippen LogP contribution < -0.4 is 0 Å². The van der Waals surface area contributed by atoms with E-state index in [-0.39, 0.29) is 16.4 Å². The average Bonchev–Trinajstić information content (AvgIpc) is 1.97. The van der Waals surface area contributed by atoms with Crippen molar-refractivity contribution in [2.24, 2.45) is 10.8 Å². The number of rotatable bonds is 0. The summed E-state index contributed by atoms with van der Waals surface area (Å²) in [7, 11) is 0. The molecule has 0 radical (unpaired) electrons. The smallest absolute Gasteiger partial charge is 0.211 e. The normalized spacial score (nSPS) is 29.5. The molecule has 0 bridgehead atoms. The molecule has 0 aliphatic carbocycles. The first-order valence-electron chi connectivity index (χ1n) is 4.94. The molecule has 0 spiro atoms. The van der Waals surface area contributed by atoms with Crippen molar-refractivity contribution in [1.82, 2.24) is 0 Å². The topological polar surface area (TPSA) is 23.2 Å². The first kappa shape index (κ1) is 10.6. The standard InChI is InChI=1S/C11H22NO/c1-9(2)7-8-12(13)11(5,6)10(9,3)4/h8,13H,7H2,1-6H3/q+1. The second-order valence-electron chi connectivity index (χ2n) is 5.80. The number of hydrogen-bond donors (Lipinski definition) is 1. The summed E-state index contributed by atoms with van der Waals surface area (Å²) in [6, 6.07) is 0. The Kier molecular flexibility index (Phi) is 2.02. The van der Waals surface area contributed by atoms with Gasteiger partial charge in [-0.15, -0.1) is 0 Å². The van der Waals surface area contributed by atoms with Gasteiger partial charge in [0, 0.05) is 25.7 Å². The van der Waals surface area contributed by atoms with Crippen molar-refractivity contribution in [3.05, 3.63) is 0 Å². The molecule has 1 aliphatic heterocycles. The minimum atomic E-state index is -0.200. The molecular weight excluding hydrogens is 162 g/mol. The predicted molar refractivity (Wildman–Crippen MR) is 54.4 cm³/mol. The largest absolute Gasteiger partial charge is 0.291 e. The van der Waals surface area contributed by atoms with E-state index >= 15 is 0 Å². The summed E-state index contributed by atoms with van der Waals surface area (Å²) in [5, 5.41) is 9.78. The molecule has 1 heterocycles. The van der Waals surface area contributed by atoms with E-state index in [1.165, 1.54) is 4.74 Å². The molecule has 0 unspecified atom stereocenters. The van der Waals surface area contributed by atoms with E-state index < -0.39 is 0 Å². The molecule has 2 nitrogen and oxygen atoms in total. The molecule has 0 aromatic carbocycles. The minimum absolute atomic E-state index is 0.0868. The Bertz CT molecular complexity index is 249. The highest BCUT2D eigenvalue weighted by Gasteiger charge is 2.58. The van der Waals surface area contributed by atoms with E-state index in [0.29, 0.717) is 0 Å². The molecule has 1 N–H and O–H groups in total. The number of nitrogens with zero attached hydrogens (tertiary/aromatic N) is 1. The Labute approximate surface area is 81.2 Å². The first-order chi connectivity index (χ1) is 5.63. The fourth-order valence-corrected chi connectivity index (χ4v) is 1.91. The van der Waals surface area contributed by atoms with Crippen LogP contribution in [0.1, 0.15) is 48.0 Å². The molecule has 0 aromatic rings. The molecule has 0 saturated heterocycles. The lowest BCUT2D eigenvalue weighted by atomic mass is 9.56. The summed E-state index contributed by atoms with van der Waals surface area (Å²) < 4.78 is 1.37. The van der Waals surface area contributed by atoms with Gasteiger partial charge in [-0.2, -0.15) is 0 Å². The van der Waals surface area contributed by atoms with Crippen molar-refractivity contribution < 1.29 is 9.95 Å². The lowest BCUT2D eigenvalue weighted by Crippen LogP contribution is -2.58. The first-order valence-corrected chi connectivity index (χ1v) is 4.94. The van der Waals surface area contributed by atoms with Crippen LogP contribution in [0.2, 0.25) is 0 Å². The third-order valence-electron chi connectivity index (χ3n) is 4.57. The van der Waals surface area contributed by atoms with Crippen molar-refractivity contribution in [2.45, 2.75) is 53.5 Å². The zero-order valence-electron chi connectivity index (χ0n) is 9.68. The van der Waals surface area contributed by atoms with Crippen molar-refractivity contribution in [1.29, 1.82) is 0 Å². The maximum Gasteiger partial charge on any atom is 0.211 e. The van der Waals surface area contributed by atoms with Crippen molar-refractivity contribution in [3.8, 4) is 0 Å². The summed E-state index contributed by atoms with van der Waals surface area (Å²) in [6.07, 6.45) is 2.82. The van der Waals surface area contributed by atoms with Gasteiger partial charge >= 0.3 is 0 Å². The lowest BCUT2D eigenvalue weighted by Gasteiger charge is -2.48. The zero-order chi connectivity index (χ0) is 10.5. The van der Waals surface area contributed by atoms with Crippen LogP contribution in [0.4, 0.5) is 0 Å². The lowest BCUT2D eigenvalue weighted by molar-refractivity contribution is -0.835. The monoisotopic (exact) mass is 184 g/mol. The zero-order valence-corrected chi connectivity index (χ0v) is 9.68.